The Morgan fingerprint density at radius 3 is 2.55 bits per heavy atom. The molecule has 1 N–H and O–H groups in total. The number of anilines is 1. The second kappa shape index (κ2) is 9.01. The third-order valence-corrected chi connectivity index (χ3v) is 4.12. The number of hydrogen-bond acceptors (Lipinski definition) is 7. The predicted octanol–water partition coefficient (Wildman–Crippen LogP) is 3.02. The minimum Gasteiger partial charge on any atom is -0.493 e. The summed E-state index contributed by atoms with van der Waals surface area (Å²) in [6, 6.07) is 10.2. The topological polar surface area (TPSA) is 92.3 Å². The van der Waals surface area contributed by atoms with E-state index in [0.717, 1.165) is 5.56 Å². The van der Waals surface area contributed by atoms with Crippen LogP contribution in [0, 0.1) is 0 Å². The summed E-state index contributed by atoms with van der Waals surface area (Å²) in [6.45, 7) is 1.64. The summed E-state index contributed by atoms with van der Waals surface area (Å²) in [4.78, 5) is 24.3. The van der Waals surface area contributed by atoms with Crippen LogP contribution in [0.1, 0.15) is 12.5 Å². The second-order valence-electron chi connectivity index (χ2n) is 6.08. The van der Waals surface area contributed by atoms with Crippen LogP contribution in [0.2, 0.25) is 0 Å². The van der Waals surface area contributed by atoms with Gasteiger partial charge in [0.2, 0.25) is 6.79 Å². The molecule has 1 atom stereocenters. The summed E-state index contributed by atoms with van der Waals surface area (Å²) in [5, 5.41) is 2.67. The smallest absolute Gasteiger partial charge is 0.331 e. The molecule has 0 fully saturated rings. The lowest BCUT2D eigenvalue weighted by molar-refractivity contribution is -0.148. The Morgan fingerprint density at radius 1 is 1.03 bits per heavy atom. The van der Waals surface area contributed by atoms with Gasteiger partial charge in [0.25, 0.3) is 5.91 Å². The van der Waals surface area contributed by atoms with Crippen molar-refractivity contribution in [2.24, 2.45) is 0 Å². The molecule has 8 nitrogen and oxygen atoms in total. The van der Waals surface area contributed by atoms with E-state index < -0.39 is 18.0 Å². The maximum atomic E-state index is 12.3. The van der Waals surface area contributed by atoms with Gasteiger partial charge >= 0.3 is 5.97 Å². The van der Waals surface area contributed by atoms with Crippen LogP contribution in [-0.4, -0.2) is 39.0 Å². The minimum absolute atomic E-state index is 0.146. The summed E-state index contributed by atoms with van der Waals surface area (Å²) >= 11 is 0. The lowest BCUT2D eigenvalue weighted by Gasteiger charge is -2.12. The van der Waals surface area contributed by atoms with Crippen molar-refractivity contribution in [3.05, 3.63) is 48.0 Å². The number of amides is 1. The highest BCUT2D eigenvalue weighted by atomic mass is 16.7. The van der Waals surface area contributed by atoms with Crippen molar-refractivity contribution in [2.75, 3.05) is 26.3 Å². The number of rotatable bonds is 7. The van der Waals surface area contributed by atoms with Gasteiger partial charge in [-0.1, -0.05) is 6.07 Å². The summed E-state index contributed by atoms with van der Waals surface area (Å²) in [5.74, 6) is 1.18. The summed E-state index contributed by atoms with van der Waals surface area (Å²) in [6.07, 6.45) is 1.82. The molecule has 1 aliphatic heterocycles. The number of hydrogen-bond donors (Lipinski definition) is 1. The normalized spacial score (nSPS) is 13.1. The third kappa shape index (κ3) is 4.98. The van der Waals surface area contributed by atoms with Gasteiger partial charge in [0.1, 0.15) is 0 Å². The van der Waals surface area contributed by atoms with E-state index in [1.807, 2.05) is 0 Å². The Kier molecular flexibility index (Phi) is 6.23. The van der Waals surface area contributed by atoms with Crippen LogP contribution in [0.25, 0.3) is 6.08 Å². The molecular weight excluding hydrogens is 378 g/mol. The maximum Gasteiger partial charge on any atom is 0.331 e. The predicted molar refractivity (Wildman–Crippen MR) is 105 cm³/mol. The van der Waals surface area contributed by atoms with Crippen LogP contribution >= 0.6 is 0 Å². The SMILES string of the molecule is COc1ccc(/C=C/C(=O)O[C@@H](C)C(=O)Nc2ccc3c(c2)OCO3)cc1OC. The number of benzene rings is 2. The number of fused-ring (bicyclic) bond motifs is 1. The molecule has 1 heterocycles. The van der Waals surface area contributed by atoms with Gasteiger partial charge in [-0.2, -0.15) is 0 Å². The van der Waals surface area contributed by atoms with Crippen LogP contribution in [-0.2, 0) is 14.3 Å². The summed E-state index contributed by atoms with van der Waals surface area (Å²) < 4.78 is 26.0. The number of methoxy groups -OCH3 is 2. The fraction of sp³-hybridized carbons (Fsp3) is 0.238. The van der Waals surface area contributed by atoms with Crippen molar-refractivity contribution in [1.29, 1.82) is 0 Å². The molecule has 0 saturated heterocycles. The quantitative estimate of drug-likeness (QED) is 0.565. The van der Waals surface area contributed by atoms with Crippen LogP contribution in [0.4, 0.5) is 5.69 Å². The molecule has 29 heavy (non-hydrogen) atoms. The summed E-state index contributed by atoms with van der Waals surface area (Å²) in [7, 11) is 3.07. The van der Waals surface area contributed by atoms with E-state index in [-0.39, 0.29) is 6.79 Å². The zero-order chi connectivity index (χ0) is 20.8. The molecule has 0 aromatic heterocycles. The average molecular weight is 399 g/mol. The van der Waals surface area contributed by atoms with Crippen molar-refractivity contribution in [3.63, 3.8) is 0 Å². The zero-order valence-corrected chi connectivity index (χ0v) is 16.3. The first-order chi connectivity index (χ1) is 14.0. The van der Waals surface area contributed by atoms with Crippen molar-refractivity contribution in [1.82, 2.24) is 0 Å². The highest BCUT2D eigenvalue weighted by Crippen LogP contribution is 2.34. The highest BCUT2D eigenvalue weighted by Gasteiger charge is 2.19. The third-order valence-electron chi connectivity index (χ3n) is 4.12. The number of carbonyl (C=O) groups excluding carboxylic acids is 2. The van der Waals surface area contributed by atoms with Crippen LogP contribution in [0.5, 0.6) is 23.0 Å². The van der Waals surface area contributed by atoms with Gasteiger partial charge in [-0.3, -0.25) is 4.79 Å². The molecule has 0 unspecified atom stereocenters. The van der Waals surface area contributed by atoms with Crippen LogP contribution < -0.4 is 24.3 Å². The molecule has 152 valence electrons. The van der Waals surface area contributed by atoms with Crippen molar-refractivity contribution in [3.8, 4) is 23.0 Å². The van der Waals surface area contributed by atoms with E-state index in [2.05, 4.69) is 5.32 Å². The Bertz CT molecular complexity index is 939. The van der Waals surface area contributed by atoms with Gasteiger partial charge in [-0.15, -0.1) is 0 Å². The Morgan fingerprint density at radius 2 is 1.79 bits per heavy atom. The minimum atomic E-state index is -0.983. The van der Waals surface area contributed by atoms with Crippen LogP contribution in [0.15, 0.2) is 42.5 Å². The van der Waals surface area contributed by atoms with Gasteiger partial charge in [0, 0.05) is 17.8 Å². The molecule has 0 aliphatic carbocycles. The van der Waals surface area contributed by atoms with E-state index in [1.54, 1.807) is 49.6 Å². The van der Waals surface area contributed by atoms with Gasteiger partial charge in [-0.05, 0) is 42.8 Å². The van der Waals surface area contributed by atoms with Gasteiger partial charge < -0.3 is 29.0 Å². The van der Waals surface area contributed by atoms with E-state index >= 15 is 0 Å². The fourth-order valence-corrected chi connectivity index (χ4v) is 2.61. The van der Waals surface area contributed by atoms with E-state index in [1.165, 1.54) is 20.1 Å². The zero-order valence-electron chi connectivity index (χ0n) is 16.3. The first-order valence-corrected chi connectivity index (χ1v) is 8.81. The number of esters is 1. The Hall–Kier alpha value is -3.68. The largest absolute Gasteiger partial charge is 0.493 e. The average Bonchev–Trinajstić information content (AvgIpc) is 3.19. The van der Waals surface area contributed by atoms with Crippen molar-refractivity contribution in [2.45, 2.75) is 13.0 Å². The van der Waals surface area contributed by atoms with Crippen molar-refractivity contribution >= 4 is 23.6 Å². The van der Waals surface area contributed by atoms with E-state index in [0.29, 0.717) is 28.7 Å². The molecule has 3 rings (SSSR count). The molecule has 8 heteroatoms. The first kappa shape index (κ1) is 20.1. The molecule has 0 saturated carbocycles. The fourth-order valence-electron chi connectivity index (χ4n) is 2.61. The number of ether oxygens (including phenoxy) is 5. The maximum absolute atomic E-state index is 12.3. The second-order valence-corrected chi connectivity index (χ2v) is 6.08. The highest BCUT2D eigenvalue weighted by molar-refractivity contribution is 5.96. The van der Waals surface area contributed by atoms with Crippen LogP contribution in [0.3, 0.4) is 0 Å². The van der Waals surface area contributed by atoms with E-state index in [4.69, 9.17) is 23.7 Å². The monoisotopic (exact) mass is 399 g/mol. The molecule has 0 bridgehead atoms. The van der Waals surface area contributed by atoms with Gasteiger partial charge in [0.15, 0.2) is 29.1 Å². The Balaban J connectivity index is 1.55. The number of nitrogens with one attached hydrogen (secondary N) is 1. The van der Waals surface area contributed by atoms with E-state index in [9.17, 15) is 9.59 Å². The lowest BCUT2D eigenvalue weighted by atomic mass is 10.2. The summed E-state index contributed by atoms with van der Waals surface area (Å²) in [5.41, 5.74) is 1.24. The van der Waals surface area contributed by atoms with Gasteiger partial charge in [0.05, 0.1) is 14.2 Å². The molecule has 2 aromatic carbocycles. The standard InChI is InChI=1S/C21H21NO7/c1-13(21(24)22-15-6-8-17-19(11-15)28-12-27-17)29-20(23)9-5-14-4-7-16(25-2)18(10-14)26-3/h4-11,13H,12H2,1-3H3,(H,22,24)/b9-5+/t13-/m0/s1. The van der Waals surface area contributed by atoms with Gasteiger partial charge in [-0.25, -0.2) is 4.79 Å². The first-order valence-electron chi connectivity index (χ1n) is 8.81. The molecule has 1 aliphatic rings. The Labute approximate surface area is 168 Å². The lowest BCUT2D eigenvalue weighted by Crippen LogP contribution is -2.29. The number of carbonyl (C=O) groups is 2. The molecular formula is C21H21NO7. The van der Waals surface area contributed by atoms with Crippen molar-refractivity contribution < 1.29 is 33.3 Å². The molecule has 1 amide bonds. The molecule has 2 aromatic rings. The molecule has 0 spiro atoms. The molecule has 0 radical (unpaired) electrons.